The van der Waals surface area contributed by atoms with Crippen molar-refractivity contribution in [3.63, 3.8) is 0 Å². The molecule has 2 fully saturated rings. The van der Waals surface area contributed by atoms with E-state index in [1.165, 1.54) is 0 Å². The minimum absolute atomic E-state index is 0.280. The van der Waals surface area contributed by atoms with Gasteiger partial charge < -0.3 is 15.2 Å². The smallest absolute Gasteiger partial charge is 0.284 e. The lowest BCUT2D eigenvalue weighted by Gasteiger charge is -2.28. The van der Waals surface area contributed by atoms with E-state index in [4.69, 9.17) is 5.73 Å². The van der Waals surface area contributed by atoms with Gasteiger partial charge in [0.05, 0.1) is 21.9 Å². The van der Waals surface area contributed by atoms with Crippen molar-refractivity contribution in [2.45, 2.75) is 31.7 Å². The Kier molecular flexibility index (Phi) is 3.33. The number of carbonyl (C=O) groups excluding carboxylic acids is 1. The van der Waals surface area contributed by atoms with Gasteiger partial charge in [0.1, 0.15) is 5.78 Å². The molecule has 7 nitrogen and oxygen atoms in total. The number of nitrogens with zero attached hydrogens (tertiary/aromatic N) is 4. The number of fused-ring (bicyclic) bond motifs is 5. The van der Waals surface area contributed by atoms with E-state index in [9.17, 15) is 9.59 Å². The van der Waals surface area contributed by atoms with Gasteiger partial charge in [-0.3, -0.25) is 14.0 Å². The molecule has 0 bridgehead atoms. The Balaban J connectivity index is 1.67. The zero-order chi connectivity index (χ0) is 19.7. The van der Waals surface area contributed by atoms with Gasteiger partial charge in [-0.05, 0) is 43.2 Å². The third kappa shape index (κ3) is 2.40. The van der Waals surface area contributed by atoms with Crippen molar-refractivity contribution < 1.29 is 4.79 Å². The number of carbonyl (C=O) groups is 1. The first-order valence-electron chi connectivity index (χ1n) is 10.1. The van der Waals surface area contributed by atoms with E-state index < -0.39 is 0 Å². The molecule has 2 aromatic heterocycles. The average Bonchev–Trinajstić information content (AvgIpc) is 3.49. The summed E-state index contributed by atoms with van der Waals surface area (Å²) >= 11 is 0. The molecule has 1 aliphatic heterocycles. The highest BCUT2D eigenvalue weighted by atomic mass is 16.1. The number of hydrogen-bond donors (Lipinski definition) is 1. The lowest BCUT2D eigenvalue weighted by molar-refractivity contribution is -0.119. The summed E-state index contributed by atoms with van der Waals surface area (Å²) in [5, 5.41) is 0.471. The lowest BCUT2D eigenvalue weighted by Crippen LogP contribution is -2.33. The maximum atomic E-state index is 12.8. The molecule has 6 rings (SSSR count). The van der Waals surface area contributed by atoms with Crippen molar-refractivity contribution >= 4 is 44.9 Å². The summed E-state index contributed by atoms with van der Waals surface area (Å²) in [7, 11) is 0. The van der Waals surface area contributed by atoms with Crippen molar-refractivity contribution in [3.05, 3.63) is 46.8 Å². The quantitative estimate of drug-likeness (QED) is 0.535. The maximum Gasteiger partial charge on any atom is 0.284 e. The molecule has 0 radical (unpaired) electrons. The molecule has 0 unspecified atom stereocenters. The van der Waals surface area contributed by atoms with Crippen molar-refractivity contribution in [1.82, 2.24) is 14.0 Å². The van der Waals surface area contributed by atoms with Gasteiger partial charge in [0.2, 0.25) is 5.78 Å². The molecule has 146 valence electrons. The highest BCUT2D eigenvalue weighted by Gasteiger charge is 2.29. The molecule has 7 heteroatoms. The van der Waals surface area contributed by atoms with Gasteiger partial charge in [0.25, 0.3) is 5.56 Å². The van der Waals surface area contributed by atoms with Crippen LogP contribution in [0.3, 0.4) is 0 Å². The van der Waals surface area contributed by atoms with Gasteiger partial charge in [-0.1, -0.05) is 6.07 Å². The number of nitrogen functional groups attached to an aromatic ring is 1. The molecule has 1 saturated heterocycles. The molecule has 0 atom stereocenters. The van der Waals surface area contributed by atoms with Crippen LogP contribution in [0.5, 0.6) is 0 Å². The Hall–Kier alpha value is -3.35. The highest BCUT2D eigenvalue weighted by Crippen LogP contribution is 2.41. The zero-order valence-electron chi connectivity index (χ0n) is 16.0. The van der Waals surface area contributed by atoms with Crippen LogP contribution < -0.4 is 16.2 Å². The van der Waals surface area contributed by atoms with E-state index in [2.05, 4.69) is 37.1 Å². The average molecular weight is 387 g/mol. The third-order valence-electron chi connectivity index (χ3n) is 6.20. The number of imidazole rings is 1. The molecule has 2 aliphatic rings. The van der Waals surface area contributed by atoms with Crippen LogP contribution in [0, 0.1) is 0 Å². The fourth-order valence-corrected chi connectivity index (χ4v) is 4.59. The normalized spacial score (nSPS) is 17.7. The fourth-order valence-electron chi connectivity index (χ4n) is 4.59. The number of ketones is 1. The van der Waals surface area contributed by atoms with Crippen LogP contribution in [0.4, 0.5) is 11.4 Å². The van der Waals surface area contributed by atoms with Crippen molar-refractivity contribution in [1.29, 1.82) is 0 Å². The monoisotopic (exact) mass is 387 g/mol. The first-order chi connectivity index (χ1) is 14.1. The highest BCUT2D eigenvalue weighted by molar-refractivity contribution is 5.96. The molecule has 1 saturated carbocycles. The van der Waals surface area contributed by atoms with Gasteiger partial charge in [-0.25, -0.2) is 0 Å². The Morgan fingerprint density at radius 2 is 1.76 bits per heavy atom. The molecule has 1 aliphatic carbocycles. The molecule has 29 heavy (non-hydrogen) atoms. The van der Waals surface area contributed by atoms with Gasteiger partial charge in [-0.2, -0.15) is 4.98 Å². The lowest BCUT2D eigenvalue weighted by atomic mass is 10.1. The molecule has 2 aromatic carbocycles. The molecule has 0 amide bonds. The van der Waals surface area contributed by atoms with Crippen molar-refractivity contribution in [2.75, 3.05) is 23.7 Å². The van der Waals surface area contributed by atoms with Crippen LogP contribution in [0.2, 0.25) is 0 Å². The standard InChI is InChI=1S/C22H21N5O2/c23-16-2-1-3-18-20(16)21(29)24-22-26(13-4-5-13)19-12-14(6-7-17(19)27(18)22)25-10-8-15(28)9-11-25/h1-3,6-7,12-13H,4-5,8-11,23H2. The van der Waals surface area contributed by atoms with Crippen molar-refractivity contribution in [2.24, 2.45) is 0 Å². The number of benzene rings is 2. The predicted octanol–water partition coefficient (Wildman–Crippen LogP) is 2.89. The molecular weight excluding hydrogens is 366 g/mol. The fraction of sp³-hybridized carbons (Fsp3) is 0.318. The summed E-state index contributed by atoms with van der Waals surface area (Å²) in [6.07, 6.45) is 3.38. The second-order valence-corrected chi connectivity index (χ2v) is 8.09. The van der Waals surface area contributed by atoms with Gasteiger partial charge in [0, 0.05) is 43.3 Å². The third-order valence-corrected chi connectivity index (χ3v) is 6.20. The second-order valence-electron chi connectivity index (χ2n) is 8.09. The van der Waals surface area contributed by atoms with Gasteiger partial charge in [0.15, 0.2) is 0 Å². The van der Waals surface area contributed by atoms with E-state index >= 15 is 0 Å². The molecule has 0 spiro atoms. The summed E-state index contributed by atoms with van der Waals surface area (Å²) in [5.74, 6) is 1.01. The van der Waals surface area contributed by atoms with Gasteiger partial charge in [-0.15, -0.1) is 0 Å². The topological polar surface area (TPSA) is 85.6 Å². The number of aromatic nitrogens is 3. The molecule has 4 aromatic rings. The largest absolute Gasteiger partial charge is 0.398 e. The first kappa shape index (κ1) is 16.6. The number of anilines is 2. The van der Waals surface area contributed by atoms with Gasteiger partial charge >= 0.3 is 0 Å². The van der Waals surface area contributed by atoms with E-state index in [-0.39, 0.29) is 5.56 Å². The Morgan fingerprint density at radius 1 is 0.966 bits per heavy atom. The summed E-state index contributed by atoms with van der Waals surface area (Å²) in [5.41, 5.74) is 10.3. The molecule has 2 N–H and O–H groups in total. The Bertz CT molecular complexity index is 1370. The van der Waals surface area contributed by atoms with E-state index in [1.54, 1.807) is 6.07 Å². The van der Waals surface area contributed by atoms with E-state index in [0.29, 0.717) is 41.5 Å². The van der Waals surface area contributed by atoms with Crippen LogP contribution in [-0.2, 0) is 4.79 Å². The number of hydrogen-bond acceptors (Lipinski definition) is 5. The number of piperidine rings is 1. The van der Waals surface area contributed by atoms with E-state index in [0.717, 1.165) is 48.2 Å². The molecule has 3 heterocycles. The second kappa shape index (κ2) is 5.83. The van der Waals surface area contributed by atoms with Crippen LogP contribution >= 0.6 is 0 Å². The SMILES string of the molecule is Nc1cccc2c1c(=O)nc1n(C3CC3)c3cc(N4CCC(=O)CC4)ccc3n21. The molecular formula is C22H21N5O2. The zero-order valence-corrected chi connectivity index (χ0v) is 16.0. The Labute approximate surface area is 166 Å². The predicted molar refractivity (Wildman–Crippen MR) is 114 cm³/mol. The van der Waals surface area contributed by atoms with Crippen LogP contribution in [0.25, 0.3) is 27.7 Å². The number of Topliss-reactive ketones (excluding diaryl/α,β-unsaturated/α-hetero) is 1. The number of nitrogens with two attached hydrogens (primary N) is 1. The van der Waals surface area contributed by atoms with Crippen LogP contribution in [-0.4, -0.2) is 32.8 Å². The Morgan fingerprint density at radius 3 is 2.52 bits per heavy atom. The van der Waals surface area contributed by atoms with Crippen LogP contribution in [0.1, 0.15) is 31.7 Å². The summed E-state index contributed by atoms with van der Waals surface area (Å²) < 4.78 is 4.27. The minimum atomic E-state index is -0.280. The van der Waals surface area contributed by atoms with Crippen molar-refractivity contribution in [3.8, 4) is 0 Å². The van der Waals surface area contributed by atoms with Crippen LogP contribution in [0.15, 0.2) is 41.2 Å². The summed E-state index contributed by atoms with van der Waals surface area (Å²) in [6, 6.07) is 12.3. The van der Waals surface area contributed by atoms with E-state index in [1.807, 2.05) is 12.1 Å². The minimum Gasteiger partial charge on any atom is -0.398 e. The first-order valence-corrected chi connectivity index (χ1v) is 10.1. The maximum absolute atomic E-state index is 12.8. The summed E-state index contributed by atoms with van der Waals surface area (Å²) in [6.45, 7) is 1.51. The summed E-state index contributed by atoms with van der Waals surface area (Å²) in [4.78, 5) is 31.1. The number of rotatable bonds is 2.